The van der Waals surface area contributed by atoms with E-state index in [0.29, 0.717) is 60.2 Å². The van der Waals surface area contributed by atoms with Crippen LogP contribution in [0.2, 0.25) is 0 Å². The van der Waals surface area contributed by atoms with Crippen LogP contribution < -0.4 is 0 Å². The summed E-state index contributed by atoms with van der Waals surface area (Å²) in [7, 11) is 0. The molecule has 9 aromatic carbocycles. The van der Waals surface area contributed by atoms with Crippen LogP contribution in [0.3, 0.4) is 0 Å². The molecule has 0 atom stereocenters. The molecule has 0 aliphatic rings. The van der Waals surface area contributed by atoms with Crippen molar-refractivity contribution in [2.45, 2.75) is 0 Å². The molecule has 0 aliphatic carbocycles. The summed E-state index contributed by atoms with van der Waals surface area (Å²) >= 11 is 0. The average molecular weight is 639 g/mol. The smallest absolute Gasteiger partial charge is 0.136 e. The first kappa shape index (κ1) is 16.1. The molecule has 0 bridgehead atoms. The van der Waals surface area contributed by atoms with E-state index in [1.165, 1.54) is 0 Å². The third kappa shape index (κ3) is 4.47. The minimum absolute atomic E-state index is 0.0383. The van der Waals surface area contributed by atoms with E-state index in [1.807, 2.05) is 54.6 Å². The largest absolute Gasteiger partial charge is 0.456 e. The van der Waals surface area contributed by atoms with Crippen LogP contribution in [-0.2, 0) is 0 Å². The van der Waals surface area contributed by atoms with Crippen LogP contribution in [-0.4, -0.2) is 0 Å². The van der Waals surface area contributed by atoms with Crippen molar-refractivity contribution in [2.75, 3.05) is 0 Å². The Balaban J connectivity index is 1.29. The lowest BCUT2D eigenvalue weighted by molar-refractivity contribution is 0.669. The summed E-state index contributed by atoms with van der Waals surface area (Å²) in [6.07, 6.45) is 0. The van der Waals surface area contributed by atoms with Gasteiger partial charge in [-0.05, 0) is 107 Å². The predicted molar refractivity (Wildman–Crippen MR) is 208 cm³/mol. The Bertz CT molecular complexity index is 3710. The van der Waals surface area contributed by atoms with Crippen LogP contribution in [0.15, 0.2) is 186 Å². The normalized spacial score (nSPS) is 16.2. The lowest BCUT2D eigenvalue weighted by Gasteiger charge is -2.18. The van der Waals surface area contributed by atoms with Crippen LogP contribution in [0.1, 0.15) is 21.9 Å². The van der Waals surface area contributed by atoms with Crippen LogP contribution in [0.5, 0.6) is 0 Å². The molecule has 0 amide bonds. The molecule has 0 fully saturated rings. The van der Waals surface area contributed by atoms with Gasteiger partial charge in [0.2, 0.25) is 0 Å². The van der Waals surface area contributed by atoms with Gasteiger partial charge >= 0.3 is 0 Å². The van der Waals surface area contributed by atoms with E-state index in [2.05, 4.69) is 0 Å². The Morgan fingerprint density at radius 2 is 1.04 bits per heavy atom. The van der Waals surface area contributed by atoms with Crippen molar-refractivity contribution in [1.82, 2.24) is 0 Å². The highest BCUT2D eigenvalue weighted by Gasteiger charge is 2.20. The fourth-order valence-electron chi connectivity index (χ4n) is 6.77. The molecule has 0 spiro atoms. The minimum Gasteiger partial charge on any atom is -0.456 e. The summed E-state index contributed by atoms with van der Waals surface area (Å²) in [6.45, 7) is 0. The lowest BCUT2D eigenvalue weighted by atomic mass is 9.84. The average Bonchev–Trinajstić information content (AvgIpc) is 3.68. The van der Waals surface area contributed by atoms with Crippen LogP contribution in [0.25, 0.3) is 98.8 Å². The summed E-state index contributed by atoms with van der Waals surface area (Å²) in [6, 6.07) is 16.5. The van der Waals surface area contributed by atoms with E-state index in [4.69, 9.17) is 22.2 Å². The van der Waals surface area contributed by atoms with Gasteiger partial charge in [-0.1, -0.05) is 151 Å². The molecule has 0 unspecified atom stereocenters. The SMILES string of the molecule is [2H]c1c([2H])c([2H])c(-c2ccc3oc4cccc(-c5c6ccccc6c(-c6c([2H])c([2H])c([2H])c(-c7c([2H])c([2H])c8c([2H])c([2H])c([2H])c([2H])c8c7[2H])c6[2H])c6ccccc56)c4c3c2)c([2H])c1[2H]. The maximum absolute atomic E-state index is 9.77. The van der Waals surface area contributed by atoms with Crippen molar-refractivity contribution in [1.29, 1.82) is 0 Å². The second kappa shape index (κ2) is 11.1. The van der Waals surface area contributed by atoms with Gasteiger partial charge in [0.05, 0.1) is 21.9 Å². The second-order valence-electron chi connectivity index (χ2n) is 11.6. The van der Waals surface area contributed by atoms with Crippen molar-refractivity contribution in [3.63, 3.8) is 0 Å². The Morgan fingerprint density at radius 3 is 1.82 bits per heavy atom. The number of hydrogen-bond donors (Lipinski definition) is 0. The van der Waals surface area contributed by atoms with E-state index in [0.717, 1.165) is 5.56 Å². The van der Waals surface area contributed by atoms with Gasteiger partial charge in [0, 0.05) is 10.8 Å². The molecular formula is C48H30O. The highest BCUT2D eigenvalue weighted by atomic mass is 16.3. The zero-order chi connectivity index (χ0) is 46.2. The predicted octanol–water partition coefficient (Wildman–Crippen LogP) is 13.7. The second-order valence-corrected chi connectivity index (χ2v) is 11.6. The number of fused-ring (bicyclic) bond motifs is 6. The molecule has 10 rings (SSSR count). The van der Waals surface area contributed by atoms with Crippen molar-refractivity contribution in [3.8, 4) is 44.5 Å². The maximum Gasteiger partial charge on any atom is 0.136 e. The van der Waals surface area contributed by atoms with Gasteiger partial charge in [-0.25, -0.2) is 0 Å². The van der Waals surface area contributed by atoms with Crippen molar-refractivity contribution in [3.05, 3.63) is 182 Å². The number of benzene rings is 9. The van der Waals surface area contributed by atoms with Gasteiger partial charge in [0.15, 0.2) is 0 Å². The molecule has 10 aromatic rings. The minimum atomic E-state index is -0.669. The number of furan rings is 1. The first-order chi connectivity index (χ1) is 31.0. The van der Waals surface area contributed by atoms with E-state index >= 15 is 0 Å². The third-order valence-electron chi connectivity index (χ3n) is 8.86. The lowest BCUT2D eigenvalue weighted by Crippen LogP contribution is -1.91. The fraction of sp³-hybridized carbons (Fsp3) is 0. The monoisotopic (exact) mass is 638 g/mol. The fourth-order valence-corrected chi connectivity index (χ4v) is 6.77. The summed E-state index contributed by atoms with van der Waals surface area (Å²) in [4.78, 5) is 0. The van der Waals surface area contributed by atoms with Gasteiger partial charge in [0.1, 0.15) is 11.2 Å². The number of hydrogen-bond acceptors (Lipinski definition) is 1. The van der Waals surface area contributed by atoms with Crippen molar-refractivity contribution >= 4 is 54.3 Å². The van der Waals surface area contributed by atoms with Gasteiger partial charge in [-0.15, -0.1) is 0 Å². The van der Waals surface area contributed by atoms with E-state index in [-0.39, 0.29) is 34.0 Å². The zero-order valence-corrected chi connectivity index (χ0v) is 25.5. The zero-order valence-electron chi connectivity index (χ0n) is 41.5. The van der Waals surface area contributed by atoms with E-state index < -0.39 is 95.7 Å². The summed E-state index contributed by atoms with van der Waals surface area (Å²) in [5.41, 5.74) is 2.28. The quantitative estimate of drug-likeness (QED) is 0.175. The Labute approximate surface area is 306 Å². The van der Waals surface area contributed by atoms with Crippen LogP contribution >= 0.6 is 0 Å². The molecular weight excluding hydrogens is 593 g/mol. The molecule has 0 saturated carbocycles. The van der Waals surface area contributed by atoms with E-state index in [1.54, 1.807) is 30.3 Å². The summed E-state index contributed by atoms with van der Waals surface area (Å²) in [5, 5.41) is 2.96. The van der Waals surface area contributed by atoms with Crippen molar-refractivity contribution < 1.29 is 26.3 Å². The molecule has 1 heterocycles. The molecule has 1 aromatic heterocycles. The maximum atomic E-state index is 9.77. The van der Waals surface area contributed by atoms with Gasteiger partial charge in [-0.3, -0.25) is 0 Å². The van der Waals surface area contributed by atoms with Crippen molar-refractivity contribution in [2.24, 2.45) is 0 Å². The highest BCUT2D eigenvalue weighted by Crippen LogP contribution is 2.47. The third-order valence-corrected chi connectivity index (χ3v) is 8.86. The molecule has 1 heteroatoms. The summed E-state index contributed by atoms with van der Waals surface area (Å²) < 4.78 is 146. The molecule has 0 radical (unpaired) electrons. The van der Waals surface area contributed by atoms with Gasteiger partial charge in [0.25, 0.3) is 0 Å². The Kier molecular flexibility index (Phi) is 3.64. The first-order valence-corrected chi connectivity index (χ1v) is 15.5. The Hall–Kier alpha value is -6.44. The van der Waals surface area contributed by atoms with Crippen LogP contribution in [0.4, 0.5) is 0 Å². The molecule has 228 valence electrons. The highest BCUT2D eigenvalue weighted by molar-refractivity contribution is 6.25. The standard InChI is InChI=1S/C48H30O/c1-2-12-31(13-3-1)36-26-27-44-43(30-36)48-42(22-11-23-45(48)49-44)47-40-20-8-6-18-38(40)46(39-19-7-9-21-41(39)47)37-17-10-16-34(29-37)35-25-24-32-14-4-5-15-33(32)28-35/h1-30H/i1D,2D,3D,4D,5D,10D,12D,13D,14D,15D,16D,17D,24D,25D,28D,29D. The molecule has 0 aliphatic heterocycles. The molecule has 1 nitrogen and oxygen atoms in total. The number of rotatable bonds is 4. The van der Waals surface area contributed by atoms with Gasteiger partial charge in [-0.2, -0.15) is 0 Å². The van der Waals surface area contributed by atoms with E-state index in [9.17, 15) is 4.11 Å². The van der Waals surface area contributed by atoms with Gasteiger partial charge < -0.3 is 4.42 Å². The molecule has 0 saturated heterocycles. The topological polar surface area (TPSA) is 13.1 Å². The van der Waals surface area contributed by atoms with Crippen LogP contribution in [0, 0.1) is 0 Å². The summed E-state index contributed by atoms with van der Waals surface area (Å²) in [5.74, 6) is 0. The first-order valence-electron chi connectivity index (χ1n) is 23.5. The molecule has 0 N–H and O–H groups in total. The molecule has 49 heavy (non-hydrogen) atoms. The Morgan fingerprint density at radius 1 is 0.388 bits per heavy atom.